The number of hydrogen-bond donors (Lipinski definition) is 2. The van der Waals surface area contributed by atoms with Crippen LogP contribution in [0.2, 0.25) is 0 Å². The summed E-state index contributed by atoms with van der Waals surface area (Å²) in [4.78, 5) is 12.4. The second-order valence-corrected chi connectivity index (χ2v) is 6.99. The molecule has 1 saturated heterocycles. The number of amides is 1. The molecule has 3 rings (SSSR count). The number of aliphatic hydroxyl groups is 1. The number of carbonyl (C=O) groups is 1. The molecule has 1 aromatic rings. The normalized spacial score (nSPS) is 33.9. The first-order valence-electron chi connectivity index (χ1n) is 7.00. The van der Waals surface area contributed by atoms with Crippen molar-refractivity contribution in [3.8, 4) is 0 Å². The maximum atomic E-state index is 12.4. The van der Waals surface area contributed by atoms with Crippen molar-refractivity contribution in [1.82, 2.24) is 0 Å². The highest BCUT2D eigenvalue weighted by Gasteiger charge is 2.61. The van der Waals surface area contributed by atoms with Gasteiger partial charge in [0.15, 0.2) is 5.60 Å². The van der Waals surface area contributed by atoms with Crippen LogP contribution in [-0.2, 0) is 15.1 Å². The van der Waals surface area contributed by atoms with Crippen LogP contribution in [0.4, 0.5) is 5.69 Å². The van der Waals surface area contributed by atoms with Crippen molar-refractivity contribution in [3.05, 3.63) is 29.8 Å². The van der Waals surface area contributed by atoms with Gasteiger partial charge in [-0.05, 0) is 40.2 Å². The van der Waals surface area contributed by atoms with Crippen molar-refractivity contribution < 1.29 is 14.6 Å². The Labute approximate surface area is 119 Å². The zero-order valence-corrected chi connectivity index (χ0v) is 12.4. The van der Waals surface area contributed by atoms with Crippen LogP contribution in [0.3, 0.4) is 0 Å². The molecule has 1 amide bonds. The predicted octanol–water partition coefficient (Wildman–Crippen LogP) is 2.42. The molecule has 4 nitrogen and oxygen atoms in total. The molecule has 2 aliphatic heterocycles. The van der Waals surface area contributed by atoms with Gasteiger partial charge in [0.2, 0.25) is 0 Å². The van der Waals surface area contributed by atoms with E-state index in [0.717, 1.165) is 0 Å². The van der Waals surface area contributed by atoms with Gasteiger partial charge < -0.3 is 15.2 Å². The quantitative estimate of drug-likeness (QED) is 0.827. The highest BCUT2D eigenvalue weighted by atomic mass is 16.5. The molecule has 0 saturated carbocycles. The summed E-state index contributed by atoms with van der Waals surface area (Å²) in [6, 6.07) is 7.33. The largest absolute Gasteiger partial charge is 0.375 e. The van der Waals surface area contributed by atoms with Gasteiger partial charge in [0.25, 0.3) is 5.91 Å². The standard InChI is InChI=1S/C16H21NO3/c1-14(2)9-12(15(3,4)20-14)16(19)10-7-5-6-8-11(10)17-13(16)18/h5-8,12,19H,9H2,1-4H3,(H,17,18). The third-order valence-corrected chi connectivity index (χ3v) is 4.51. The number of benzene rings is 1. The summed E-state index contributed by atoms with van der Waals surface area (Å²) in [6.45, 7) is 7.88. The fourth-order valence-electron chi connectivity index (χ4n) is 3.82. The summed E-state index contributed by atoms with van der Waals surface area (Å²) in [5.41, 5.74) is -1.08. The molecular formula is C16H21NO3. The van der Waals surface area contributed by atoms with E-state index in [-0.39, 0.29) is 17.4 Å². The molecule has 0 bridgehead atoms. The molecular weight excluding hydrogens is 254 g/mol. The molecule has 1 aromatic carbocycles. The van der Waals surface area contributed by atoms with Crippen molar-refractivity contribution in [1.29, 1.82) is 0 Å². The van der Waals surface area contributed by atoms with E-state index in [9.17, 15) is 9.90 Å². The summed E-state index contributed by atoms with van der Waals surface area (Å²) in [6.07, 6.45) is 0.637. The summed E-state index contributed by atoms with van der Waals surface area (Å²) in [7, 11) is 0. The summed E-state index contributed by atoms with van der Waals surface area (Å²) in [5.74, 6) is -0.633. The zero-order valence-electron chi connectivity index (χ0n) is 12.4. The molecule has 0 aromatic heterocycles. The molecule has 2 N–H and O–H groups in total. The first-order valence-corrected chi connectivity index (χ1v) is 7.00. The lowest BCUT2D eigenvalue weighted by molar-refractivity contribution is -0.151. The van der Waals surface area contributed by atoms with Gasteiger partial charge in [-0.15, -0.1) is 0 Å². The summed E-state index contributed by atoms with van der Waals surface area (Å²) < 4.78 is 6.05. The van der Waals surface area contributed by atoms with Gasteiger partial charge >= 0.3 is 0 Å². The van der Waals surface area contributed by atoms with Crippen LogP contribution in [0.1, 0.15) is 39.7 Å². The van der Waals surface area contributed by atoms with E-state index in [1.807, 2.05) is 52.0 Å². The van der Waals surface area contributed by atoms with Gasteiger partial charge in [-0.3, -0.25) is 4.79 Å². The van der Waals surface area contributed by atoms with Crippen molar-refractivity contribution in [2.24, 2.45) is 5.92 Å². The first kappa shape index (κ1) is 13.6. The van der Waals surface area contributed by atoms with Crippen LogP contribution in [0.15, 0.2) is 24.3 Å². The minimum atomic E-state index is -1.52. The van der Waals surface area contributed by atoms with E-state index in [1.165, 1.54) is 0 Å². The maximum Gasteiger partial charge on any atom is 0.261 e. The molecule has 0 radical (unpaired) electrons. The fraction of sp³-hybridized carbons (Fsp3) is 0.562. The third-order valence-electron chi connectivity index (χ3n) is 4.51. The minimum absolute atomic E-state index is 0.284. The molecule has 2 heterocycles. The lowest BCUT2D eigenvalue weighted by Crippen LogP contribution is -2.48. The molecule has 1 fully saturated rings. The minimum Gasteiger partial charge on any atom is -0.375 e. The van der Waals surface area contributed by atoms with Crippen LogP contribution in [-0.4, -0.2) is 22.2 Å². The van der Waals surface area contributed by atoms with Gasteiger partial charge in [0, 0.05) is 17.2 Å². The summed E-state index contributed by atoms with van der Waals surface area (Å²) >= 11 is 0. The Morgan fingerprint density at radius 2 is 1.90 bits per heavy atom. The lowest BCUT2D eigenvalue weighted by Gasteiger charge is -2.36. The lowest BCUT2D eigenvalue weighted by atomic mass is 9.72. The number of nitrogens with one attached hydrogen (secondary N) is 1. The van der Waals surface area contributed by atoms with Crippen LogP contribution < -0.4 is 5.32 Å². The van der Waals surface area contributed by atoms with Crippen LogP contribution >= 0.6 is 0 Å². The van der Waals surface area contributed by atoms with E-state index in [1.54, 1.807) is 0 Å². The number of para-hydroxylation sites is 1. The average Bonchev–Trinajstić information content (AvgIpc) is 2.71. The maximum absolute atomic E-state index is 12.4. The topological polar surface area (TPSA) is 58.6 Å². The Balaban J connectivity index is 2.12. The van der Waals surface area contributed by atoms with Gasteiger partial charge in [-0.1, -0.05) is 18.2 Å². The number of anilines is 1. The smallest absolute Gasteiger partial charge is 0.261 e. The molecule has 2 aliphatic rings. The van der Waals surface area contributed by atoms with E-state index >= 15 is 0 Å². The summed E-state index contributed by atoms with van der Waals surface area (Å²) in [5, 5.41) is 14.0. The third kappa shape index (κ3) is 1.71. The molecule has 2 atom stereocenters. The van der Waals surface area contributed by atoms with Crippen LogP contribution in [0, 0.1) is 5.92 Å². The fourth-order valence-corrected chi connectivity index (χ4v) is 3.82. The number of hydrogen-bond acceptors (Lipinski definition) is 3. The highest BCUT2D eigenvalue weighted by molar-refractivity contribution is 6.05. The molecule has 4 heteroatoms. The Morgan fingerprint density at radius 1 is 1.25 bits per heavy atom. The number of carbonyl (C=O) groups excluding carboxylic acids is 1. The highest BCUT2D eigenvalue weighted by Crippen LogP contribution is 2.53. The second-order valence-electron chi connectivity index (χ2n) is 6.99. The number of fused-ring (bicyclic) bond motifs is 1. The molecule has 0 spiro atoms. The molecule has 2 unspecified atom stereocenters. The molecule has 0 aliphatic carbocycles. The van der Waals surface area contributed by atoms with Crippen molar-refractivity contribution in [2.75, 3.05) is 5.32 Å². The Morgan fingerprint density at radius 3 is 2.50 bits per heavy atom. The monoisotopic (exact) mass is 275 g/mol. The Hall–Kier alpha value is -1.39. The van der Waals surface area contributed by atoms with Crippen molar-refractivity contribution in [2.45, 2.75) is 50.9 Å². The number of rotatable bonds is 1. The molecule has 108 valence electrons. The van der Waals surface area contributed by atoms with Gasteiger partial charge in [0.1, 0.15) is 0 Å². The predicted molar refractivity (Wildman–Crippen MR) is 76.3 cm³/mol. The van der Waals surface area contributed by atoms with Crippen molar-refractivity contribution >= 4 is 11.6 Å². The average molecular weight is 275 g/mol. The van der Waals surface area contributed by atoms with E-state index in [2.05, 4.69) is 5.32 Å². The second kappa shape index (κ2) is 3.83. The van der Waals surface area contributed by atoms with Crippen LogP contribution in [0.25, 0.3) is 0 Å². The van der Waals surface area contributed by atoms with E-state index in [4.69, 9.17) is 4.74 Å². The van der Waals surface area contributed by atoms with E-state index in [0.29, 0.717) is 17.7 Å². The van der Waals surface area contributed by atoms with Gasteiger partial charge in [0.05, 0.1) is 11.2 Å². The van der Waals surface area contributed by atoms with Crippen LogP contribution in [0.5, 0.6) is 0 Å². The molecule has 20 heavy (non-hydrogen) atoms. The SMILES string of the molecule is CC1(C)CC(C2(O)C(=O)Nc3ccccc32)C(C)(C)O1. The Bertz CT molecular complexity index is 579. The van der Waals surface area contributed by atoms with Gasteiger partial charge in [-0.25, -0.2) is 0 Å². The van der Waals surface area contributed by atoms with E-state index < -0.39 is 11.2 Å². The first-order chi connectivity index (χ1) is 9.17. The van der Waals surface area contributed by atoms with Gasteiger partial charge in [-0.2, -0.15) is 0 Å². The number of ether oxygens (including phenoxy) is 1. The van der Waals surface area contributed by atoms with Crippen molar-refractivity contribution in [3.63, 3.8) is 0 Å². The zero-order chi connectivity index (χ0) is 14.8. The Kier molecular flexibility index (Phi) is 2.60.